The summed E-state index contributed by atoms with van der Waals surface area (Å²) < 4.78 is 4.97. The van der Waals surface area contributed by atoms with Crippen LogP contribution in [0.5, 0.6) is 5.75 Å². The highest BCUT2D eigenvalue weighted by Gasteiger charge is 2.10. The fourth-order valence-corrected chi connectivity index (χ4v) is 2.27. The minimum atomic E-state index is -1.14. The maximum atomic E-state index is 11.9. The van der Waals surface area contributed by atoms with Gasteiger partial charge in [-0.15, -0.1) is 0 Å². The van der Waals surface area contributed by atoms with E-state index in [-0.39, 0.29) is 17.1 Å². The maximum absolute atomic E-state index is 11.9. The van der Waals surface area contributed by atoms with Gasteiger partial charge in [0.25, 0.3) is 0 Å². The van der Waals surface area contributed by atoms with Gasteiger partial charge in [0, 0.05) is 19.2 Å². The summed E-state index contributed by atoms with van der Waals surface area (Å²) in [4.78, 5) is 33.7. The Kier molecular flexibility index (Phi) is 5.97. The Morgan fingerprint density at radius 1 is 1.16 bits per heavy atom. The van der Waals surface area contributed by atoms with Crippen LogP contribution in [0.4, 0.5) is 10.5 Å². The van der Waals surface area contributed by atoms with E-state index in [1.54, 1.807) is 24.3 Å². The quantitative estimate of drug-likeness (QED) is 0.559. The van der Waals surface area contributed by atoms with Crippen molar-refractivity contribution < 1.29 is 24.2 Å². The first kappa shape index (κ1) is 18.3. The standard InChI is InChI=1S/C17H15ClN2O5/c1-10(21)25-13-4-2-3-11(7-13)9-19-17(24)20-12-5-6-14(16(22)23)15(18)8-12/h2-8H,9H2,1H3,(H,22,23)(H2,19,20,24). The van der Waals surface area contributed by atoms with Crippen LogP contribution in [0.1, 0.15) is 22.8 Å². The molecule has 2 aromatic rings. The summed E-state index contributed by atoms with van der Waals surface area (Å²) in [5, 5.41) is 14.1. The van der Waals surface area contributed by atoms with E-state index in [0.717, 1.165) is 5.56 Å². The molecule has 0 bridgehead atoms. The third-order valence-corrected chi connectivity index (χ3v) is 3.38. The van der Waals surface area contributed by atoms with Crippen LogP contribution in [0.3, 0.4) is 0 Å². The molecule has 0 unspecified atom stereocenters. The lowest BCUT2D eigenvalue weighted by molar-refractivity contribution is -0.131. The Labute approximate surface area is 148 Å². The predicted octanol–water partition coefficient (Wildman–Crippen LogP) is 3.29. The largest absolute Gasteiger partial charge is 0.478 e. The normalized spacial score (nSPS) is 10.0. The molecule has 0 radical (unpaired) electrons. The van der Waals surface area contributed by atoms with Gasteiger partial charge in [0.05, 0.1) is 10.6 Å². The van der Waals surface area contributed by atoms with Crippen LogP contribution in [0.25, 0.3) is 0 Å². The van der Waals surface area contributed by atoms with Gasteiger partial charge in [-0.25, -0.2) is 9.59 Å². The molecule has 0 aromatic heterocycles. The summed E-state index contributed by atoms with van der Waals surface area (Å²) >= 11 is 5.85. The van der Waals surface area contributed by atoms with Crippen molar-refractivity contribution in [1.29, 1.82) is 0 Å². The Morgan fingerprint density at radius 2 is 1.92 bits per heavy atom. The van der Waals surface area contributed by atoms with Crippen molar-refractivity contribution in [2.75, 3.05) is 5.32 Å². The molecule has 2 aromatic carbocycles. The van der Waals surface area contributed by atoms with Crippen molar-refractivity contribution >= 4 is 35.3 Å². The molecule has 0 aliphatic heterocycles. The monoisotopic (exact) mass is 362 g/mol. The number of carbonyl (C=O) groups is 3. The summed E-state index contributed by atoms with van der Waals surface area (Å²) in [5.41, 5.74) is 1.06. The molecule has 25 heavy (non-hydrogen) atoms. The predicted molar refractivity (Wildman–Crippen MR) is 92.0 cm³/mol. The lowest BCUT2D eigenvalue weighted by Gasteiger charge is -2.09. The number of carboxylic acid groups (broad SMARTS) is 1. The summed E-state index contributed by atoms with van der Waals surface area (Å²) in [5.74, 6) is -1.18. The third-order valence-electron chi connectivity index (χ3n) is 3.07. The highest BCUT2D eigenvalue weighted by molar-refractivity contribution is 6.33. The zero-order valence-electron chi connectivity index (χ0n) is 13.2. The lowest BCUT2D eigenvalue weighted by Crippen LogP contribution is -2.28. The number of ether oxygens (including phenoxy) is 1. The number of amides is 2. The van der Waals surface area contributed by atoms with E-state index < -0.39 is 18.0 Å². The molecule has 0 aliphatic rings. The SMILES string of the molecule is CC(=O)Oc1cccc(CNC(=O)Nc2ccc(C(=O)O)c(Cl)c2)c1. The second-order valence-electron chi connectivity index (χ2n) is 5.05. The van der Waals surface area contributed by atoms with Crippen molar-refractivity contribution in [3.8, 4) is 5.75 Å². The van der Waals surface area contributed by atoms with E-state index in [1.165, 1.54) is 25.1 Å². The first-order valence-electron chi connectivity index (χ1n) is 7.20. The summed E-state index contributed by atoms with van der Waals surface area (Å²) in [6.07, 6.45) is 0. The number of hydrogen-bond donors (Lipinski definition) is 3. The van der Waals surface area contributed by atoms with Gasteiger partial charge in [-0.1, -0.05) is 23.7 Å². The third kappa shape index (κ3) is 5.50. The van der Waals surface area contributed by atoms with Gasteiger partial charge < -0.3 is 20.5 Å². The van der Waals surface area contributed by atoms with Crippen LogP contribution in [0.2, 0.25) is 5.02 Å². The van der Waals surface area contributed by atoms with E-state index in [4.69, 9.17) is 21.4 Å². The molecule has 7 nitrogen and oxygen atoms in total. The van der Waals surface area contributed by atoms with E-state index >= 15 is 0 Å². The molecule has 0 spiro atoms. The lowest BCUT2D eigenvalue weighted by atomic mass is 10.2. The molecule has 0 atom stereocenters. The molecule has 0 fully saturated rings. The van der Waals surface area contributed by atoms with Gasteiger partial charge >= 0.3 is 18.0 Å². The zero-order valence-corrected chi connectivity index (χ0v) is 14.0. The molecule has 0 heterocycles. The first-order valence-corrected chi connectivity index (χ1v) is 7.58. The average molecular weight is 363 g/mol. The fraction of sp³-hybridized carbons (Fsp3) is 0.118. The number of esters is 1. The molecule has 2 rings (SSSR count). The highest BCUT2D eigenvalue weighted by Crippen LogP contribution is 2.21. The molecule has 3 N–H and O–H groups in total. The van der Waals surface area contributed by atoms with Gasteiger partial charge in [-0.2, -0.15) is 0 Å². The van der Waals surface area contributed by atoms with Gasteiger partial charge in [0.15, 0.2) is 0 Å². The molecule has 0 aliphatic carbocycles. The number of benzene rings is 2. The molecular formula is C17H15ClN2O5. The summed E-state index contributed by atoms with van der Waals surface area (Å²) in [7, 11) is 0. The molecular weight excluding hydrogens is 348 g/mol. The number of halogens is 1. The Balaban J connectivity index is 1.94. The van der Waals surface area contributed by atoms with Crippen LogP contribution in [-0.4, -0.2) is 23.1 Å². The van der Waals surface area contributed by atoms with Crippen molar-refractivity contribution in [2.45, 2.75) is 13.5 Å². The Bertz CT molecular complexity index is 822. The molecule has 2 amide bonds. The van der Waals surface area contributed by atoms with Crippen LogP contribution in [0.15, 0.2) is 42.5 Å². The minimum absolute atomic E-state index is 0.0272. The number of carbonyl (C=O) groups excluding carboxylic acids is 2. The highest BCUT2D eigenvalue weighted by atomic mass is 35.5. The number of nitrogens with one attached hydrogen (secondary N) is 2. The van der Waals surface area contributed by atoms with Gasteiger partial charge in [-0.05, 0) is 35.9 Å². The number of rotatable bonds is 5. The number of aromatic carboxylic acids is 1. The topological polar surface area (TPSA) is 105 Å². The Hall–Kier alpha value is -3.06. The Morgan fingerprint density at radius 3 is 2.56 bits per heavy atom. The van der Waals surface area contributed by atoms with Gasteiger partial charge in [0.1, 0.15) is 5.75 Å². The zero-order chi connectivity index (χ0) is 18.4. The number of anilines is 1. The van der Waals surface area contributed by atoms with Crippen molar-refractivity contribution in [3.05, 3.63) is 58.6 Å². The molecule has 0 saturated heterocycles. The smallest absolute Gasteiger partial charge is 0.337 e. The summed E-state index contributed by atoms with van der Waals surface area (Å²) in [6, 6.07) is 10.4. The fourth-order valence-electron chi connectivity index (χ4n) is 2.01. The van der Waals surface area contributed by atoms with Crippen molar-refractivity contribution in [3.63, 3.8) is 0 Å². The second kappa shape index (κ2) is 8.16. The van der Waals surface area contributed by atoms with E-state index in [1.807, 2.05) is 0 Å². The summed E-state index contributed by atoms with van der Waals surface area (Å²) in [6.45, 7) is 1.51. The van der Waals surface area contributed by atoms with Crippen LogP contribution in [-0.2, 0) is 11.3 Å². The maximum Gasteiger partial charge on any atom is 0.337 e. The molecule has 130 valence electrons. The van der Waals surface area contributed by atoms with Crippen LogP contribution >= 0.6 is 11.6 Å². The van der Waals surface area contributed by atoms with E-state index in [0.29, 0.717) is 11.4 Å². The second-order valence-corrected chi connectivity index (χ2v) is 5.46. The number of hydrogen-bond acceptors (Lipinski definition) is 4. The van der Waals surface area contributed by atoms with Gasteiger partial charge in [-0.3, -0.25) is 4.79 Å². The van der Waals surface area contributed by atoms with Gasteiger partial charge in [0.2, 0.25) is 0 Å². The van der Waals surface area contributed by atoms with E-state index in [2.05, 4.69) is 10.6 Å². The first-order chi connectivity index (χ1) is 11.8. The van der Waals surface area contributed by atoms with Crippen molar-refractivity contribution in [1.82, 2.24) is 5.32 Å². The minimum Gasteiger partial charge on any atom is -0.478 e. The van der Waals surface area contributed by atoms with Crippen molar-refractivity contribution in [2.24, 2.45) is 0 Å². The van der Waals surface area contributed by atoms with Crippen LogP contribution in [0, 0.1) is 0 Å². The molecule has 0 saturated carbocycles. The number of carboxylic acids is 1. The molecule has 8 heteroatoms. The van der Waals surface area contributed by atoms with E-state index in [9.17, 15) is 14.4 Å². The number of urea groups is 1. The van der Waals surface area contributed by atoms with Crippen LogP contribution < -0.4 is 15.4 Å². The average Bonchev–Trinajstić information content (AvgIpc) is 2.52.